The minimum atomic E-state index is 0.317. The first-order chi connectivity index (χ1) is 6.81. The van der Waals surface area contributed by atoms with Gasteiger partial charge in [0.25, 0.3) is 0 Å². The Morgan fingerprint density at radius 2 is 1.93 bits per heavy atom. The molecule has 0 radical (unpaired) electrons. The van der Waals surface area contributed by atoms with Gasteiger partial charge in [-0.3, -0.25) is 0 Å². The van der Waals surface area contributed by atoms with Gasteiger partial charge >= 0.3 is 0 Å². The molecule has 0 N–H and O–H groups in total. The smallest absolute Gasteiger partial charge is 0.0628 e. The first-order valence-electron chi connectivity index (χ1n) is 5.88. The Kier molecular flexibility index (Phi) is 3.45. The lowest BCUT2D eigenvalue weighted by Crippen LogP contribution is -2.42. The van der Waals surface area contributed by atoms with Crippen molar-refractivity contribution in [1.82, 2.24) is 4.90 Å². The summed E-state index contributed by atoms with van der Waals surface area (Å²) in [5.74, 6) is 0. The Morgan fingerprint density at radius 1 is 1.40 bits per heavy atom. The highest BCUT2D eigenvalue weighted by atomic mass is 15.1. The molecule has 0 saturated heterocycles. The van der Waals surface area contributed by atoms with Gasteiger partial charge in [0.05, 0.1) is 6.07 Å². The van der Waals surface area contributed by atoms with Crippen molar-refractivity contribution in [3.63, 3.8) is 0 Å². The van der Waals surface area contributed by atoms with Crippen LogP contribution in [0.15, 0.2) is 0 Å². The zero-order valence-corrected chi connectivity index (χ0v) is 10.8. The Bertz CT molecular complexity index is 253. The van der Waals surface area contributed by atoms with Crippen LogP contribution in [0.3, 0.4) is 0 Å². The molecule has 86 valence electrons. The molecule has 1 saturated carbocycles. The zero-order valence-electron chi connectivity index (χ0n) is 10.8. The highest BCUT2D eigenvalue weighted by Crippen LogP contribution is 2.49. The Morgan fingerprint density at radius 3 is 2.27 bits per heavy atom. The van der Waals surface area contributed by atoms with Crippen molar-refractivity contribution in [3.05, 3.63) is 0 Å². The summed E-state index contributed by atoms with van der Waals surface area (Å²) in [5.41, 5.74) is 0.653. The monoisotopic (exact) mass is 208 g/mol. The number of rotatable bonds is 4. The molecule has 1 aliphatic carbocycles. The van der Waals surface area contributed by atoms with Crippen LogP contribution in [0.4, 0.5) is 0 Å². The predicted octanol–water partition coefficient (Wildman–Crippen LogP) is 3.05. The van der Waals surface area contributed by atoms with Crippen molar-refractivity contribution in [3.8, 4) is 6.07 Å². The summed E-state index contributed by atoms with van der Waals surface area (Å²) in [7, 11) is 2.19. The molecule has 1 fully saturated rings. The van der Waals surface area contributed by atoms with Crippen LogP contribution in [-0.2, 0) is 0 Å². The van der Waals surface area contributed by atoms with Crippen molar-refractivity contribution in [2.24, 2.45) is 10.8 Å². The average molecular weight is 208 g/mol. The SMILES string of the molecule is CC(N(C)CC1(CC#N)CC1)C(C)(C)C. The first kappa shape index (κ1) is 12.5. The molecule has 0 heterocycles. The maximum absolute atomic E-state index is 8.78. The zero-order chi connectivity index (χ0) is 11.7. The molecule has 1 unspecified atom stereocenters. The van der Waals surface area contributed by atoms with Crippen molar-refractivity contribution in [2.45, 2.75) is 53.0 Å². The summed E-state index contributed by atoms with van der Waals surface area (Å²) in [6.45, 7) is 10.2. The number of nitriles is 1. The molecular weight excluding hydrogens is 184 g/mol. The standard InChI is InChI=1S/C13H24N2/c1-11(12(2,3)4)15(5)10-13(6-7-13)8-9-14/h11H,6-8,10H2,1-5H3. The van der Waals surface area contributed by atoms with Gasteiger partial charge < -0.3 is 4.90 Å². The van der Waals surface area contributed by atoms with Crippen molar-refractivity contribution in [2.75, 3.05) is 13.6 Å². The Labute approximate surface area is 94.3 Å². The lowest BCUT2D eigenvalue weighted by Gasteiger charge is -2.37. The molecule has 2 heteroatoms. The summed E-state index contributed by atoms with van der Waals surface area (Å²) >= 11 is 0. The number of nitrogens with zero attached hydrogens (tertiary/aromatic N) is 2. The number of hydrogen-bond donors (Lipinski definition) is 0. The molecule has 15 heavy (non-hydrogen) atoms. The van der Waals surface area contributed by atoms with Crippen LogP contribution in [0.1, 0.15) is 47.0 Å². The number of hydrogen-bond acceptors (Lipinski definition) is 2. The quantitative estimate of drug-likeness (QED) is 0.710. The van der Waals surface area contributed by atoms with Gasteiger partial charge in [0.1, 0.15) is 0 Å². The first-order valence-corrected chi connectivity index (χ1v) is 5.88. The van der Waals surface area contributed by atoms with Crippen LogP contribution in [0.25, 0.3) is 0 Å². The van der Waals surface area contributed by atoms with Crippen LogP contribution in [-0.4, -0.2) is 24.5 Å². The lowest BCUT2D eigenvalue weighted by molar-refractivity contribution is 0.118. The van der Waals surface area contributed by atoms with Gasteiger partial charge in [0.2, 0.25) is 0 Å². The summed E-state index contributed by atoms with van der Waals surface area (Å²) in [6.07, 6.45) is 3.21. The van der Waals surface area contributed by atoms with Gasteiger partial charge in [-0.05, 0) is 37.6 Å². The fraction of sp³-hybridized carbons (Fsp3) is 0.923. The molecule has 0 bridgehead atoms. The van der Waals surface area contributed by atoms with Gasteiger partial charge in [-0.1, -0.05) is 20.8 Å². The van der Waals surface area contributed by atoms with E-state index in [1.165, 1.54) is 12.8 Å². The van der Waals surface area contributed by atoms with Crippen LogP contribution in [0.2, 0.25) is 0 Å². The minimum Gasteiger partial charge on any atom is -0.303 e. The molecule has 1 aliphatic rings. The third-order valence-corrected chi connectivity index (χ3v) is 3.91. The van der Waals surface area contributed by atoms with Gasteiger partial charge in [-0.15, -0.1) is 0 Å². The van der Waals surface area contributed by atoms with E-state index in [0.717, 1.165) is 13.0 Å². The van der Waals surface area contributed by atoms with E-state index >= 15 is 0 Å². The Balaban J connectivity index is 2.49. The normalized spacial score (nSPS) is 21.1. The van der Waals surface area contributed by atoms with Crippen molar-refractivity contribution >= 4 is 0 Å². The van der Waals surface area contributed by atoms with Gasteiger partial charge in [0.15, 0.2) is 0 Å². The second kappa shape index (κ2) is 4.14. The topological polar surface area (TPSA) is 27.0 Å². The Hall–Kier alpha value is -0.550. The van der Waals surface area contributed by atoms with Gasteiger partial charge in [0, 0.05) is 19.0 Å². The van der Waals surface area contributed by atoms with Crippen LogP contribution in [0, 0.1) is 22.2 Å². The highest BCUT2D eigenvalue weighted by molar-refractivity contribution is 5.01. The van der Waals surface area contributed by atoms with E-state index in [4.69, 9.17) is 5.26 Å². The summed E-state index contributed by atoms with van der Waals surface area (Å²) in [4.78, 5) is 2.42. The molecule has 0 spiro atoms. The molecular formula is C13H24N2. The predicted molar refractivity (Wildman–Crippen MR) is 63.4 cm³/mol. The van der Waals surface area contributed by atoms with Gasteiger partial charge in [-0.25, -0.2) is 0 Å². The molecule has 0 amide bonds. The fourth-order valence-corrected chi connectivity index (χ4v) is 2.06. The van der Waals surface area contributed by atoms with Crippen molar-refractivity contribution in [1.29, 1.82) is 5.26 Å². The van der Waals surface area contributed by atoms with E-state index in [1.54, 1.807) is 0 Å². The third kappa shape index (κ3) is 3.21. The second-order valence-corrected chi connectivity index (χ2v) is 6.29. The van der Waals surface area contributed by atoms with Crippen LogP contribution < -0.4 is 0 Å². The van der Waals surface area contributed by atoms with E-state index in [-0.39, 0.29) is 0 Å². The third-order valence-electron chi connectivity index (χ3n) is 3.91. The molecule has 0 aromatic heterocycles. The maximum Gasteiger partial charge on any atom is 0.0628 e. The molecule has 0 aromatic carbocycles. The molecule has 1 rings (SSSR count). The van der Waals surface area contributed by atoms with Crippen LogP contribution >= 0.6 is 0 Å². The summed E-state index contributed by atoms with van der Waals surface area (Å²) < 4.78 is 0. The molecule has 1 atom stereocenters. The van der Waals surface area contributed by atoms with E-state index in [2.05, 4.69) is 45.7 Å². The van der Waals surface area contributed by atoms with E-state index in [9.17, 15) is 0 Å². The molecule has 0 aromatic rings. The minimum absolute atomic E-state index is 0.317. The van der Waals surface area contributed by atoms with Crippen molar-refractivity contribution < 1.29 is 0 Å². The largest absolute Gasteiger partial charge is 0.303 e. The average Bonchev–Trinajstić information content (AvgIpc) is 2.82. The molecule has 2 nitrogen and oxygen atoms in total. The maximum atomic E-state index is 8.78. The van der Waals surface area contributed by atoms with E-state index in [1.807, 2.05) is 0 Å². The molecule has 0 aliphatic heterocycles. The second-order valence-electron chi connectivity index (χ2n) is 6.29. The fourth-order valence-electron chi connectivity index (χ4n) is 2.06. The van der Waals surface area contributed by atoms with Crippen LogP contribution in [0.5, 0.6) is 0 Å². The summed E-state index contributed by atoms with van der Waals surface area (Å²) in [6, 6.07) is 2.89. The van der Waals surface area contributed by atoms with E-state index < -0.39 is 0 Å². The summed E-state index contributed by atoms with van der Waals surface area (Å²) in [5, 5.41) is 8.78. The lowest BCUT2D eigenvalue weighted by atomic mass is 9.86. The van der Waals surface area contributed by atoms with Gasteiger partial charge in [-0.2, -0.15) is 5.26 Å². The van der Waals surface area contributed by atoms with E-state index in [0.29, 0.717) is 16.9 Å². The highest BCUT2D eigenvalue weighted by Gasteiger charge is 2.44.